The van der Waals surface area contributed by atoms with Crippen LogP contribution >= 0.6 is 0 Å². The molecule has 0 aliphatic carbocycles. The Labute approximate surface area is 214 Å². The van der Waals surface area contributed by atoms with Gasteiger partial charge in [-0.05, 0) is 68.8 Å². The summed E-state index contributed by atoms with van der Waals surface area (Å²) in [5.41, 5.74) is 5.98. The number of fused-ring (bicyclic) bond motifs is 1. The Balaban J connectivity index is 1.49. The first-order chi connectivity index (χ1) is 17.9. The van der Waals surface area contributed by atoms with Crippen molar-refractivity contribution in [2.24, 2.45) is 0 Å². The third-order valence-corrected chi connectivity index (χ3v) is 6.27. The Kier molecular flexibility index (Phi) is 6.35. The van der Waals surface area contributed by atoms with Gasteiger partial charge >= 0.3 is 0 Å². The number of aryl methyl sites for hydroxylation is 2. The van der Waals surface area contributed by atoms with Gasteiger partial charge in [0.05, 0.1) is 48.8 Å². The molecule has 5 rings (SSSR count). The molecule has 9 nitrogen and oxygen atoms in total. The lowest BCUT2D eigenvalue weighted by atomic mass is 10.0. The first-order valence-electron chi connectivity index (χ1n) is 11.8. The van der Waals surface area contributed by atoms with Crippen LogP contribution in [0, 0.1) is 20.8 Å². The predicted octanol–water partition coefficient (Wildman–Crippen LogP) is 5.33. The second-order valence-corrected chi connectivity index (χ2v) is 8.76. The van der Waals surface area contributed by atoms with Gasteiger partial charge in [-0.25, -0.2) is 4.98 Å². The molecule has 0 unspecified atom stereocenters. The Morgan fingerprint density at radius 2 is 1.76 bits per heavy atom. The highest BCUT2D eigenvalue weighted by molar-refractivity contribution is 6.15. The van der Waals surface area contributed by atoms with Crippen molar-refractivity contribution in [2.75, 3.05) is 19.5 Å². The number of nitrogens with one attached hydrogen (secondary N) is 1. The van der Waals surface area contributed by atoms with E-state index in [1.165, 1.54) is 0 Å². The van der Waals surface area contributed by atoms with Gasteiger partial charge in [0.1, 0.15) is 17.2 Å². The quantitative estimate of drug-likeness (QED) is 0.324. The summed E-state index contributed by atoms with van der Waals surface area (Å²) in [6.45, 7) is 6.17. The normalized spacial score (nSPS) is 11.1. The van der Waals surface area contributed by atoms with Gasteiger partial charge in [-0.15, -0.1) is 0 Å². The number of carbonyl (C=O) groups is 1. The third-order valence-electron chi connectivity index (χ3n) is 6.27. The number of hydrogen-bond donors (Lipinski definition) is 1. The lowest BCUT2D eigenvalue weighted by Gasteiger charge is -2.09. The van der Waals surface area contributed by atoms with Crippen molar-refractivity contribution < 1.29 is 18.8 Å². The number of anilines is 1. The van der Waals surface area contributed by atoms with Gasteiger partial charge in [0.25, 0.3) is 11.6 Å². The van der Waals surface area contributed by atoms with E-state index >= 15 is 0 Å². The number of ether oxygens (including phenoxy) is 2. The number of aromatic nitrogens is 4. The van der Waals surface area contributed by atoms with E-state index < -0.39 is 0 Å². The number of hydrogen-bond acceptors (Lipinski definition) is 7. The monoisotopic (exact) mass is 497 g/mol. The van der Waals surface area contributed by atoms with Crippen molar-refractivity contribution in [2.45, 2.75) is 27.3 Å². The highest BCUT2D eigenvalue weighted by atomic mass is 16.5. The SMILES string of the molecule is COc1ccc(-c2noc3nc(C)cc(C(=O)Nc4c(C)nn(Cc5cccc(OC)c5)c4C)c23)cc1. The first kappa shape index (κ1) is 24.1. The molecule has 2 aromatic carbocycles. The Morgan fingerprint density at radius 3 is 2.49 bits per heavy atom. The van der Waals surface area contributed by atoms with Crippen molar-refractivity contribution in [3.8, 4) is 22.8 Å². The summed E-state index contributed by atoms with van der Waals surface area (Å²) in [6, 6.07) is 17.0. The van der Waals surface area contributed by atoms with Gasteiger partial charge in [0.2, 0.25) is 0 Å². The molecule has 0 saturated heterocycles. The zero-order valence-corrected chi connectivity index (χ0v) is 21.3. The van der Waals surface area contributed by atoms with Crippen LogP contribution in [0.15, 0.2) is 59.1 Å². The van der Waals surface area contributed by atoms with E-state index in [0.717, 1.165) is 34.0 Å². The number of amides is 1. The summed E-state index contributed by atoms with van der Waals surface area (Å²) in [4.78, 5) is 18.1. The van der Waals surface area contributed by atoms with Crippen LogP contribution in [0.1, 0.15) is 33.0 Å². The summed E-state index contributed by atoms with van der Waals surface area (Å²) < 4.78 is 18.0. The topological polar surface area (TPSA) is 104 Å². The molecule has 0 aliphatic rings. The standard InChI is InChI=1S/C28H27N5O4/c1-16-13-23(24-26(32-37-28(24)29-16)20-9-11-21(35-4)12-10-20)27(34)30-25-17(2)31-33(18(25)3)15-19-7-6-8-22(14-19)36-5/h6-14H,15H2,1-5H3,(H,30,34). The maximum Gasteiger partial charge on any atom is 0.259 e. The minimum Gasteiger partial charge on any atom is -0.497 e. The minimum absolute atomic E-state index is 0.291. The maximum atomic E-state index is 13.6. The average Bonchev–Trinajstić information content (AvgIpc) is 3.44. The molecule has 188 valence electrons. The molecule has 0 fully saturated rings. The summed E-state index contributed by atoms with van der Waals surface area (Å²) in [5.74, 6) is 1.21. The Morgan fingerprint density at radius 1 is 1.00 bits per heavy atom. The van der Waals surface area contributed by atoms with Crippen molar-refractivity contribution in [1.82, 2.24) is 19.9 Å². The molecule has 3 aromatic heterocycles. The molecule has 5 aromatic rings. The van der Waals surface area contributed by atoms with Crippen molar-refractivity contribution in [3.05, 3.63) is 82.8 Å². The van der Waals surface area contributed by atoms with Crippen LogP contribution in [0.3, 0.4) is 0 Å². The molecule has 0 atom stereocenters. The van der Waals surface area contributed by atoms with E-state index in [0.29, 0.717) is 40.3 Å². The van der Waals surface area contributed by atoms with E-state index in [9.17, 15) is 4.79 Å². The van der Waals surface area contributed by atoms with Gasteiger partial charge in [0, 0.05) is 11.3 Å². The molecule has 1 N–H and O–H groups in total. The van der Waals surface area contributed by atoms with E-state index in [1.807, 2.05) is 74.0 Å². The lowest BCUT2D eigenvalue weighted by molar-refractivity contribution is 0.102. The molecule has 0 bridgehead atoms. The zero-order valence-electron chi connectivity index (χ0n) is 21.3. The van der Waals surface area contributed by atoms with Crippen LogP contribution in [-0.2, 0) is 6.54 Å². The molecule has 0 saturated carbocycles. The van der Waals surface area contributed by atoms with Gasteiger partial charge in [0.15, 0.2) is 0 Å². The number of nitrogens with zero attached hydrogens (tertiary/aromatic N) is 4. The van der Waals surface area contributed by atoms with Gasteiger partial charge in [-0.2, -0.15) is 5.10 Å². The molecular weight excluding hydrogens is 470 g/mol. The van der Waals surface area contributed by atoms with Crippen LogP contribution < -0.4 is 14.8 Å². The minimum atomic E-state index is -0.291. The summed E-state index contributed by atoms with van der Waals surface area (Å²) in [6.07, 6.45) is 0. The average molecular weight is 498 g/mol. The molecular formula is C28H27N5O4. The summed E-state index contributed by atoms with van der Waals surface area (Å²) in [7, 11) is 3.25. The number of benzene rings is 2. The van der Waals surface area contributed by atoms with Crippen LogP contribution in [0.25, 0.3) is 22.4 Å². The first-order valence-corrected chi connectivity index (χ1v) is 11.8. The highest BCUT2D eigenvalue weighted by Gasteiger charge is 2.23. The maximum absolute atomic E-state index is 13.6. The highest BCUT2D eigenvalue weighted by Crippen LogP contribution is 2.32. The molecule has 9 heteroatoms. The molecule has 1 amide bonds. The Hall–Kier alpha value is -4.66. The lowest BCUT2D eigenvalue weighted by Crippen LogP contribution is -2.14. The fourth-order valence-corrected chi connectivity index (χ4v) is 4.36. The second kappa shape index (κ2) is 9.77. The Bertz CT molecular complexity index is 1600. The summed E-state index contributed by atoms with van der Waals surface area (Å²) >= 11 is 0. The fraction of sp³-hybridized carbons (Fsp3) is 0.214. The van der Waals surface area contributed by atoms with Crippen LogP contribution in [-0.4, -0.2) is 40.0 Å². The second-order valence-electron chi connectivity index (χ2n) is 8.76. The van der Waals surface area contributed by atoms with Crippen molar-refractivity contribution >= 4 is 22.7 Å². The molecule has 37 heavy (non-hydrogen) atoms. The molecule has 0 spiro atoms. The van der Waals surface area contributed by atoms with Crippen LogP contribution in [0.5, 0.6) is 11.5 Å². The van der Waals surface area contributed by atoms with Crippen molar-refractivity contribution in [1.29, 1.82) is 0 Å². The third kappa shape index (κ3) is 4.63. The van der Waals surface area contributed by atoms with Crippen LogP contribution in [0.4, 0.5) is 5.69 Å². The molecule has 0 aliphatic heterocycles. The van der Waals surface area contributed by atoms with E-state index in [4.69, 9.17) is 14.0 Å². The van der Waals surface area contributed by atoms with Gasteiger partial charge in [-0.3, -0.25) is 9.48 Å². The predicted molar refractivity (Wildman–Crippen MR) is 140 cm³/mol. The largest absolute Gasteiger partial charge is 0.497 e. The number of pyridine rings is 1. The van der Waals surface area contributed by atoms with Crippen molar-refractivity contribution in [3.63, 3.8) is 0 Å². The smallest absolute Gasteiger partial charge is 0.259 e. The molecule has 0 radical (unpaired) electrons. The van der Waals surface area contributed by atoms with E-state index in [1.54, 1.807) is 20.3 Å². The van der Waals surface area contributed by atoms with E-state index in [-0.39, 0.29) is 5.91 Å². The van der Waals surface area contributed by atoms with Crippen LogP contribution in [0.2, 0.25) is 0 Å². The van der Waals surface area contributed by atoms with Gasteiger partial charge in [-0.1, -0.05) is 17.3 Å². The van der Waals surface area contributed by atoms with Gasteiger partial charge < -0.3 is 19.3 Å². The van der Waals surface area contributed by atoms with E-state index in [2.05, 4.69) is 20.6 Å². The zero-order chi connectivity index (χ0) is 26.1. The number of carbonyl (C=O) groups excluding carboxylic acids is 1. The molecule has 3 heterocycles. The summed E-state index contributed by atoms with van der Waals surface area (Å²) in [5, 5.41) is 12.5. The fourth-order valence-electron chi connectivity index (χ4n) is 4.36. The number of methoxy groups -OCH3 is 2. The number of rotatable bonds is 7.